The molecule has 1 aromatic heterocycles. The lowest BCUT2D eigenvalue weighted by atomic mass is 9.75. The Labute approximate surface area is 168 Å². The van der Waals surface area contributed by atoms with Crippen LogP contribution < -0.4 is 4.72 Å². The summed E-state index contributed by atoms with van der Waals surface area (Å²) < 4.78 is 16.4. The molecule has 1 N–H and O–H groups in total. The van der Waals surface area contributed by atoms with Crippen LogP contribution in [0.15, 0.2) is 59.6 Å². The smallest absolute Gasteiger partial charge is 0.272 e. The SMILES string of the molecule is O=C(c1ccccn1)N1C2CC3CCC(NS(=O)c4ccccc4)(C3)CC1C2. The first-order valence-corrected chi connectivity index (χ1v) is 11.3. The predicted molar refractivity (Wildman–Crippen MR) is 108 cm³/mol. The summed E-state index contributed by atoms with van der Waals surface area (Å²) in [5.41, 5.74) is 0.379. The second kappa shape index (κ2) is 7.08. The molecule has 2 aromatic rings. The Bertz CT molecular complexity index is 891. The van der Waals surface area contributed by atoms with Gasteiger partial charge in [0.15, 0.2) is 0 Å². The topological polar surface area (TPSA) is 62.3 Å². The fourth-order valence-corrected chi connectivity index (χ4v) is 6.62. The Morgan fingerprint density at radius 2 is 1.89 bits per heavy atom. The summed E-state index contributed by atoms with van der Waals surface area (Å²) in [5.74, 6) is 0.632. The van der Waals surface area contributed by atoms with Gasteiger partial charge in [-0.3, -0.25) is 9.78 Å². The van der Waals surface area contributed by atoms with E-state index in [0.717, 1.165) is 43.4 Å². The van der Waals surface area contributed by atoms with E-state index in [4.69, 9.17) is 0 Å². The normalized spacial score (nSPS) is 32.1. The Morgan fingerprint density at radius 1 is 1.07 bits per heavy atom. The molecule has 2 aliphatic carbocycles. The Morgan fingerprint density at radius 3 is 2.68 bits per heavy atom. The van der Waals surface area contributed by atoms with E-state index in [-0.39, 0.29) is 17.5 Å². The number of aromatic nitrogens is 1. The van der Waals surface area contributed by atoms with Crippen LogP contribution in [0.25, 0.3) is 0 Å². The number of nitrogens with zero attached hydrogens (tertiary/aromatic N) is 2. The number of hydrogen-bond acceptors (Lipinski definition) is 3. The molecule has 2 saturated heterocycles. The number of benzene rings is 1. The summed E-state index contributed by atoms with van der Waals surface area (Å²) in [5, 5.41) is 0. The van der Waals surface area contributed by atoms with Crippen molar-refractivity contribution in [3.05, 3.63) is 60.4 Å². The van der Waals surface area contributed by atoms with E-state index in [1.165, 1.54) is 0 Å². The van der Waals surface area contributed by atoms with E-state index in [1.807, 2.05) is 42.5 Å². The molecule has 4 fully saturated rings. The first-order valence-electron chi connectivity index (χ1n) is 10.1. The van der Waals surface area contributed by atoms with E-state index in [0.29, 0.717) is 17.7 Å². The molecule has 146 valence electrons. The zero-order valence-electron chi connectivity index (χ0n) is 15.8. The molecule has 5 atom stereocenters. The number of pyridine rings is 1. The minimum absolute atomic E-state index is 0.0440. The fourth-order valence-electron chi connectivity index (χ4n) is 5.44. The van der Waals surface area contributed by atoms with Crippen LogP contribution in [0.2, 0.25) is 0 Å². The quantitative estimate of drug-likeness (QED) is 0.864. The average Bonchev–Trinajstić information content (AvgIpc) is 3.13. The van der Waals surface area contributed by atoms with Gasteiger partial charge in [-0.05, 0) is 68.7 Å². The maximum atomic E-state index is 13.1. The summed E-state index contributed by atoms with van der Waals surface area (Å²) in [4.78, 5) is 20.2. The van der Waals surface area contributed by atoms with Crippen molar-refractivity contribution in [2.45, 2.75) is 61.0 Å². The highest BCUT2D eigenvalue weighted by Gasteiger charge is 2.53. The molecule has 2 aliphatic heterocycles. The van der Waals surface area contributed by atoms with Crippen molar-refractivity contribution in [1.82, 2.24) is 14.6 Å². The van der Waals surface area contributed by atoms with Gasteiger partial charge in [-0.25, -0.2) is 8.93 Å². The first kappa shape index (κ1) is 18.0. The monoisotopic (exact) mass is 395 g/mol. The van der Waals surface area contributed by atoms with Crippen molar-refractivity contribution in [2.75, 3.05) is 0 Å². The third-order valence-corrected chi connectivity index (χ3v) is 7.98. The molecule has 0 radical (unpaired) electrons. The molecule has 28 heavy (non-hydrogen) atoms. The Kier molecular flexibility index (Phi) is 4.56. The molecule has 1 aromatic carbocycles. The lowest BCUT2D eigenvalue weighted by Gasteiger charge is -2.53. The minimum atomic E-state index is -1.23. The lowest BCUT2D eigenvalue weighted by Crippen LogP contribution is -2.63. The summed E-state index contributed by atoms with van der Waals surface area (Å²) in [6.45, 7) is 0. The third-order valence-electron chi connectivity index (χ3n) is 6.66. The highest BCUT2D eigenvalue weighted by atomic mass is 32.2. The van der Waals surface area contributed by atoms with Gasteiger partial charge in [-0.15, -0.1) is 0 Å². The maximum Gasteiger partial charge on any atom is 0.272 e. The number of amides is 1. The lowest BCUT2D eigenvalue weighted by molar-refractivity contribution is -0.0117. The number of nitrogens with one attached hydrogen (secondary N) is 1. The summed E-state index contributed by atoms with van der Waals surface area (Å²) in [7, 11) is -1.23. The van der Waals surface area contributed by atoms with Crippen molar-refractivity contribution in [3.8, 4) is 0 Å². The van der Waals surface area contributed by atoms with E-state index >= 15 is 0 Å². The van der Waals surface area contributed by atoms with Gasteiger partial charge in [0.2, 0.25) is 0 Å². The molecular formula is C22H25N3O2S. The van der Waals surface area contributed by atoms with Crippen LogP contribution in [-0.2, 0) is 11.0 Å². The molecule has 6 rings (SSSR count). The van der Waals surface area contributed by atoms with E-state index in [1.54, 1.807) is 12.3 Å². The predicted octanol–water partition coefficient (Wildman–Crippen LogP) is 3.31. The van der Waals surface area contributed by atoms with E-state index in [9.17, 15) is 9.00 Å². The maximum absolute atomic E-state index is 13.1. The van der Waals surface area contributed by atoms with Crippen molar-refractivity contribution in [1.29, 1.82) is 0 Å². The van der Waals surface area contributed by atoms with Crippen molar-refractivity contribution >= 4 is 16.9 Å². The second-order valence-electron chi connectivity index (χ2n) is 8.48. The van der Waals surface area contributed by atoms with Gasteiger partial charge in [0.25, 0.3) is 5.91 Å². The number of hydrogen-bond donors (Lipinski definition) is 1. The third kappa shape index (κ3) is 3.18. The van der Waals surface area contributed by atoms with E-state index < -0.39 is 11.0 Å². The molecule has 5 nitrogen and oxygen atoms in total. The molecule has 4 bridgehead atoms. The van der Waals surface area contributed by atoms with Gasteiger partial charge in [0.1, 0.15) is 16.7 Å². The summed E-state index contributed by atoms with van der Waals surface area (Å²) in [6, 6.07) is 15.6. The standard InChI is InChI=1S/C22H25N3O2S/c26-21(20-8-4-5-11-23-20)25-17-12-16-9-10-22(14-16,15-18(25)13-17)24-28(27)19-6-2-1-3-7-19/h1-8,11,16-18,24H,9-10,12-15H2. The second-order valence-corrected chi connectivity index (χ2v) is 9.70. The zero-order chi connectivity index (χ0) is 19.1. The number of carbonyl (C=O) groups is 1. The van der Waals surface area contributed by atoms with Crippen LogP contribution in [0.1, 0.15) is 49.0 Å². The van der Waals surface area contributed by atoms with Crippen LogP contribution in [-0.4, -0.2) is 37.6 Å². The molecular weight excluding hydrogens is 370 g/mol. The molecule has 2 saturated carbocycles. The zero-order valence-corrected chi connectivity index (χ0v) is 16.6. The van der Waals surface area contributed by atoms with Gasteiger partial charge in [0, 0.05) is 23.8 Å². The Hall–Kier alpha value is -2.05. The molecule has 4 aliphatic rings. The van der Waals surface area contributed by atoms with Crippen molar-refractivity contribution < 1.29 is 9.00 Å². The highest BCUT2D eigenvalue weighted by Crippen LogP contribution is 2.49. The molecule has 3 heterocycles. The van der Waals surface area contributed by atoms with Gasteiger partial charge in [0.05, 0.1) is 4.90 Å². The fraction of sp³-hybridized carbons (Fsp3) is 0.455. The molecule has 1 amide bonds. The molecule has 0 spiro atoms. The first-order chi connectivity index (χ1) is 13.6. The summed E-state index contributed by atoms with van der Waals surface area (Å²) >= 11 is 0. The van der Waals surface area contributed by atoms with E-state index in [2.05, 4.69) is 14.6 Å². The van der Waals surface area contributed by atoms with Crippen molar-refractivity contribution in [2.24, 2.45) is 5.92 Å². The largest absolute Gasteiger partial charge is 0.331 e. The Balaban J connectivity index is 1.37. The molecule has 6 heteroatoms. The summed E-state index contributed by atoms with van der Waals surface area (Å²) in [6.07, 6.45) is 7.89. The van der Waals surface area contributed by atoms with Gasteiger partial charge in [-0.1, -0.05) is 24.3 Å². The average molecular weight is 396 g/mol. The number of rotatable bonds is 4. The van der Waals surface area contributed by atoms with Crippen LogP contribution in [0.5, 0.6) is 0 Å². The van der Waals surface area contributed by atoms with Crippen LogP contribution in [0.3, 0.4) is 0 Å². The van der Waals surface area contributed by atoms with Crippen molar-refractivity contribution in [3.63, 3.8) is 0 Å². The van der Waals surface area contributed by atoms with Gasteiger partial charge in [-0.2, -0.15) is 0 Å². The highest BCUT2D eigenvalue weighted by molar-refractivity contribution is 7.83. The van der Waals surface area contributed by atoms with Crippen LogP contribution in [0, 0.1) is 5.92 Å². The minimum Gasteiger partial charge on any atom is -0.331 e. The number of carbonyl (C=O) groups excluding carboxylic acids is 1. The molecule has 5 unspecified atom stereocenters. The van der Waals surface area contributed by atoms with Gasteiger partial charge < -0.3 is 4.90 Å². The van der Waals surface area contributed by atoms with Crippen LogP contribution >= 0.6 is 0 Å². The van der Waals surface area contributed by atoms with Gasteiger partial charge >= 0.3 is 0 Å². The van der Waals surface area contributed by atoms with Crippen LogP contribution in [0.4, 0.5) is 0 Å².